The van der Waals surface area contributed by atoms with Crippen molar-refractivity contribution in [3.8, 4) is 11.8 Å². The number of rotatable bonds is 2. The van der Waals surface area contributed by atoms with Crippen LogP contribution in [-0.4, -0.2) is 10.7 Å². The van der Waals surface area contributed by atoms with Crippen LogP contribution in [0, 0.1) is 17.3 Å². The topological polar surface area (TPSA) is 20.2 Å². The average molecular weight is 294 g/mol. The zero-order valence-corrected chi connectivity index (χ0v) is 14.1. The molecule has 1 nitrogen and oxygen atoms in total. The molecule has 0 radical (unpaired) electrons. The molecule has 0 aliphatic heterocycles. The summed E-state index contributed by atoms with van der Waals surface area (Å²) in [5.74, 6) is 5.99. The van der Waals surface area contributed by atoms with Crippen molar-refractivity contribution < 1.29 is 5.11 Å². The molecule has 1 heteroatoms. The molecule has 1 N–H and O–H groups in total. The van der Waals surface area contributed by atoms with E-state index in [1.165, 1.54) is 24.0 Å². The normalized spacial score (nSPS) is 20.4. The lowest BCUT2D eigenvalue weighted by Crippen LogP contribution is -2.21. The Kier molecular flexibility index (Phi) is 4.94. The fourth-order valence-corrected chi connectivity index (χ4v) is 3.02. The van der Waals surface area contributed by atoms with E-state index in [0.29, 0.717) is 0 Å². The first-order valence-electron chi connectivity index (χ1n) is 8.00. The van der Waals surface area contributed by atoms with Crippen LogP contribution in [0.3, 0.4) is 0 Å². The van der Waals surface area contributed by atoms with Crippen molar-refractivity contribution >= 4 is 0 Å². The van der Waals surface area contributed by atoms with Gasteiger partial charge in [0.1, 0.15) is 5.60 Å². The first-order valence-corrected chi connectivity index (χ1v) is 8.00. The fraction of sp³-hybridized carbons (Fsp3) is 0.429. The van der Waals surface area contributed by atoms with Gasteiger partial charge < -0.3 is 5.11 Å². The molecule has 0 bridgehead atoms. The summed E-state index contributed by atoms with van der Waals surface area (Å²) in [7, 11) is 0. The third-order valence-corrected chi connectivity index (χ3v) is 4.35. The Morgan fingerprint density at radius 3 is 2.55 bits per heavy atom. The molecule has 0 spiro atoms. The molecular weight excluding hydrogens is 268 g/mol. The van der Waals surface area contributed by atoms with E-state index in [2.05, 4.69) is 38.7 Å². The van der Waals surface area contributed by atoms with Crippen molar-refractivity contribution in [3.63, 3.8) is 0 Å². The lowest BCUT2D eigenvalue weighted by molar-refractivity contribution is 0.174. The van der Waals surface area contributed by atoms with Gasteiger partial charge in [0.25, 0.3) is 0 Å². The van der Waals surface area contributed by atoms with E-state index in [4.69, 9.17) is 0 Å². The fourth-order valence-electron chi connectivity index (χ4n) is 3.02. The molecule has 1 aliphatic rings. The second-order valence-corrected chi connectivity index (χ2v) is 7.03. The van der Waals surface area contributed by atoms with Crippen LogP contribution >= 0.6 is 0 Å². The molecule has 0 saturated heterocycles. The van der Waals surface area contributed by atoms with E-state index in [-0.39, 0.29) is 5.41 Å². The highest BCUT2D eigenvalue weighted by molar-refractivity contribution is 5.39. The maximum atomic E-state index is 10.5. The lowest BCUT2D eigenvalue weighted by atomic mass is 9.72. The second-order valence-electron chi connectivity index (χ2n) is 7.03. The van der Waals surface area contributed by atoms with Gasteiger partial charge in [-0.15, -0.1) is 0 Å². The molecule has 22 heavy (non-hydrogen) atoms. The largest absolute Gasteiger partial charge is 0.374 e. The molecule has 0 heterocycles. The van der Waals surface area contributed by atoms with Gasteiger partial charge in [0.15, 0.2) is 0 Å². The molecule has 1 atom stereocenters. The second kappa shape index (κ2) is 6.55. The summed E-state index contributed by atoms with van der Waals surface area (Å²) in [6.45, 7) is 8.50. The van der Waals surface area contributed by atoms with Crippen LogP contribution in [0.4, 0.5) is 0 Å². The van der Waals surface area contributed by atoms with Crippen LogP contribution < -0.4 is 0 Å². The molecule has 0 amide bonds. The minimum absolute atomic E-state index is 0.182. The van der Waals surface area contributed by atoms with Crippen LogP contribution in [0.1, 0.15) is 52.5 Å². The molecule has 1 aromatic carbocycles. The first kappa shape index (κ1) is 16.6. The Labute approximate surface area is 134 Å². The van der Waals surface area contributed by atoms with Crippen LogP contribution in [0.2, 0.25) is 0 Å². The summed E-state index contributed by atoms with van der Waals surface area (Å²) in [6, 6.07) is 9.76. The maximum Gasteiger partial charge on any atom is 0.142 e. The molecular formula is C21H26O. The minimum atomic E-state index is -1.11. The molecule has 116 valence electrons. The summed E-state index contributed by atoms with van der Waals surface area (Å²) >= 11 is 0. The van der Waals surface area contributed by atoms with Crippen molar-refractivity contribution in [3.05, 3.63) is 59.2 Å². The summed E-state index contributed by atoms with van der Waals surface area (Å²) in [4.78, 5) is 0. The lowest BCUT2D eigenvalue weighted by Gasteiger charge is -2.33. The highest BCUT2D eigenvalue weighted by atomic mass is 16.3. The minimum Gasteiger partial charge on any atom is -0.374 e. The quantitative estimate of drug-likeness (QED) is 0.771. The van der Waals surface area contributed by atoms with Gasteiger partial charge in [-0.2, -0.15) is 0 Å². The van der Waals surface area contributed by atoms with Gasteiger partial charge in [-0.05, 0) is 62.3 Å². The predicted octanol–water partition coefficient (Wildman–Crippen LogP) is 4.87. The highest BCUT2D eigenvalue weighted by Gasteiger charge is 2.27. The zero-order chi connectivity index (χ0) is 16.2. The van der Waals surface area contributed by atoms with E-state index >= 15 is 0 Å². The van der Waals surface area contributed by atoms with Crippen LogP contribution in [-0.2, 0) is 0 Å². The molecule has 2 rings (SSSR count). The molecule has 0 aromatic heterocycles. The predicted molar refractivity (Wildman–Crippen MR) is 93.4 cm³/mol. The van der Waals surface area contributed by atoms with Crippen LogP contribution in [0.5, 0.6) is 0 Å². The molecule has 1 aliphatic carbocycles. The highest BCUT2D eigenvalue weighted by Crippen LogP contribution is 2.40. The van der Waals surface area contributed by atoms with Gasteiger partial charge in [0.05, 0.1) is 0 Å². The van der Waals surface area contributed by atoms with Gasteiger partial charge in [0, 0.05) is 5.56 Å². The number of benzene rings is 1. The number of hydrogen-bond acceptors (Lipinski definition) is 1. The number of allylic oxidation sites excluding steroid dienone is 3. The standard InChI is InChI=1S/C21H26O/c1-17-9-8-14-20(2,3)19(17)13-16-21(4,22)15-12-18-10-6-5-7-11-18/h5-7,10-11,13,16,22H,8-9,14H2,1-4H3. The van der Waals surface area contributed by atoms with Gasteiger partial charge in [0.2, 0.25) is 0 Å². The Hall–Kier alpha value is -1.78. The Bertz CT molecular complexity index is 633. The monoisotopic (exact) mass is 294 g/mol. The Balaban J connectivity index is 2.20. The molecule has 0 fully saturated rings. The zero-order valence-electron chi connectivity index (χ0n) is 14.1. The van der Waals surface area contributed by atoms with Crippen molar-refractivity contribution in [1.82, 2.24) is 0 Å². The van der Waals surface area contributed by atoms with Crippen molar-refractivity contribution in [2.24, 2.45) is 5.41 Å². The molecule has 1 unspecified atom stereocenters. The molecule has 1 aromatic rings. The van der Waals surface area contributed by atoms with Gasteiger partial charge in [-0.1, -0.05) is 55.5 Å². The number of aliphatic hydroxyl groups is 1. The first-order chi connectivity index (χ1) is 10.3. The van der Waals surface area contributed by atoms with E-state index in [0.717, 1.165) is 12.0 Å². The van der Waals surface area contributed by atoms with Crippen LogP contribution in [0.25, 0.3) is 0 Å². The van der Waals surface area contributed by atoms with E-state index in [9.17, 15) is 5.11 Å². The molecule has 0 saturated carbocycles. The average Bonchev–Trinajstić information content (AvgIpc) is 2.45. The van der Waals surface area contributed by atoms with Gasteiger partial charge in [-0.3, -0.25) is 0 Å². The SMILES string of the molecule is CC1=C(C=CC(C)(O)C#Cc2ccccc2)C(C)(C)CCC1. The Morgan fingerprint density at radius 2 is 1.91 bits per heavy atom. The third-order valence-electron chi connectivity index (χ3n) is 4.35. The van der Waals surface area contributed by atoms with E-state index in [1.54, 1.807) is 6.92 Å². The van der Waals surface area contributed by atoms with Crippen molar-refractivity contribution in [2.45, 2.75) is 52.6 Å². The number of hydrogen-bond donors (Lipinski definition) is 1. The summed E-state index contributed by atoms with van der Waals surface area (Å²) in [5, 5.41) is 10.5. The summed E-state index contributed by atoms with van der Waals surface area (Å²) in [6.07, 6.45) is 7.51. The van der Waals surface area contributed by atoms with Gasteiger partial charge in [-0.25, -0.2) is 0 Å². The maximum absolute atomic E-state index is 10.5. The van der Waals surface area contributed by atoms with Gasteiger partial charge >= 0.3 is 0 Å². The van der Waals surface area contributed by atoms with E-state index in [1.807, 2.05) is 36.4 Å². The van der Waals surface area contributed by atoms with Crippen LogP contribution in [0.15, 0.2) is 53.6 Å². The smallest absolute Gasteiger partial charge is 0.142 e. The van der Waals surface area contributed by atoms with Crippen molar-refractivity contribution in [2.75, 3.05) is 0 Å². The summed E-state index contributed by atoms with van der Waals surface area (Å²) in [5.41, 5.74) is 2.77. The van der Waals surface area contributed by atoms with Crippen molar-refractivity contribution in [1.29, 1.82) is 0 Å². The summed E-state index contributed by atoms with van der Waals surface area (Å²) < 4.78 is 0. The van der Waals surface area contributed by atoms with E-state index < -0.39 is 5.60 Å². The Morgan fingerprint density at radius 1 is 1.23 bits per heavy atom. The third kappa shape index (κ3) is 4.36.